The van der Waals surface area contributed by atoms with Gasteiger partial charge >= 0.3 is 5.97 Å². The first-order valence-electron chi connectivity index (χ1n) is 5.47. The summed E-state index contributed by atoms with van der Waals surface area (Å²) in [6, 6.07) is 9.49. The monoisotopic (exact) mass is 264 g/mol. The zero-order chi connectivity index (χ0) is 13.8. The summed E-state index contributed by atoms with van der Waals surface area (Å²) in [5, 5.41) is 8.97. The summed E-state index contributed by atoms with van der Waals surface area (Å²) in [4.78, 5) is 11.0. The van der Waals surface area contributed by atoms with E-state index in [4.69, 9.17) is 9.84 Å². The van der Waals surface area contributed by atoms with E-state index >= 15 is 0 Å². The van der Waals surface area contributed by atoms with E-state index < -0.39 is 23.4 Å². The Morgan fingerprint density at radius 1 is 1.05 bits per heavy atom. The van der Waals surface area contributed by atoms with Crippen LogP contribution in [0.15, 0.2) is 42.5 Å². The van der Waals surface area contributed by atoms with Crippen LogP contribution in [0.1, 0.15) is 15.9 Å². The molecule has 0 spiro atoms. The first-order chi connectivity index (χ1) is 9.09. The van der Waals surface area contributed by atoms with Crippen molar-refractivity contribution in [3.63, 3.8) is 0 Å². The summed E-state index contributed by atoms with van der Waals surface area (Å²) in [7, 11) is 0. The van der Waals surface area contributed by atoms with Gasteiger partial charge < -0.3 is 9.84 Å². The second kappa shape index (κ2) is 5.48. The van der Waals surface area contributed by atoms with Gasteiger partial charge in [0.15, 0.2) is 17.4 Å². The molecular formula is C14H10F2O3. The Kier molecular flexibility index (Phi) is 3.75. The van der Waals surface area contributed by atoms with Crippen molar-refractivity contribution in [3.8, 4) is 5.75 Å². The molecule has 2 aromatic carbocycles. The Labute approximate surface area is 108 Å². The van der Waals surface area contributed by atoms with Gasteiger partial charge in [-0.3, -0.25) is 0 Å². The average Bonchev–Trinajstić information content (AvgIpc) is 2.38. The van der Waals surface area contributed by atoms with Crippen LogP contribution < -0.4 is 4.74 Å². The molecule has 19 heavy (non-hydrogen) atoms. The number of carboxylic acid groups (broad SMARTS) is 1. The highest BCUT2D eigenvalue weighted by molar-refractivity contribution is 5.89. The van der Waals surface area contributed by atoms with Crippen molar-refractivity contribution in [1.82, 2.24) is 0 Å². The lowest BCUT2D eigenvalue weighted by Crippen LogP contribution is -2.06. The fourth-order valence-electron chi connectivity index (χ4n) is 1.63. The molecule has 0 aromatic heterocycles. The molecule has 3 nitrogen and oxygen atoms in total. The van der Waals surface area contributed by atoms with Crippen LogP contribution in [0.5, 0.6) is 5.75 Å². The summed E-state index contributed by atoms with van der Waals surface area (Å²) < 4.78 is 31.7. The number of hydrogen-bond acceptors (Lipinski definition) is 2. The van der Waals surface area contributed by atoms with E-state index in [1.807, 2.05) is 0 Å². The highest BCUT2D eigenvalue weighted by atomic mass is 19.1. The second-order valence-electron chi connectivity index (χ2n) is 3.80. The first-order valence-corrected chi connectivity index (χ1v) is 5.47. The topological polar surface area (TPSA) is 46.5 Å². The zero-order valence-electron chi connectivity index (χ0n) is 9.77. The van der Waals surface area contributed by atoms with Gasteiger partial charge in [-0.05, 0) is 18.2 Å². The van der Waals surface area contributed by atoms with Gasteiger partial charge in [0.2, 0.25) is 0 Å². The van der Waals surface area contributed by atoms with Crippen molar-refractivity contribution >= 4 is 5.97 Å². The van der Waals surface area contributed by atoms with Crippen LogP contribution >= 0.6 is 0 Å². The lowest BCUT2D eigenvalue weighted by Gasteiger charge is -2.10. The highest BCUT2D eigenvalue weighted by Gasteiger charge is 2.13. The molecular weight excluding hydrogens is 254 g/mol. The van der Waals surface area contributed by atoms with E-state index in [0.29, 0.717) is 5.56 Å². The summed E-state index contributed by atoms with van der Waals surface area (Å²) in [6.45, 7) is -0.222. The molecule has 0 aliphatic heterocycles. The largest absolute Gasteiger partial charge is 0.483 e. The Hall–Kier alpha value is -2.43. The number of rotatable bonds is 4. The smallest absolute Gasteiger partial charge is 0.336 e. The van der Waals surface area contributed by atoms with Crippen molar-refractivity contribution in [3.05, 3.63) is 65.2 Å². The van der Waals surface area contributed by atoms with E-state index in [1.165, 1.54) is 18.2 Å². The molecule has 1 N–H and O–H groups in total. The maximum Gasteiger partial charge on any atom is 0.336 e. The first kappa shape index (κ1) is 13.0. The average molecular weight is 264 g/mol. The number of ether oxygens (including phenoxy) is 1. The number of carbonyl (C=O) groups is 1. The lowest BCUT2D eigenvalue weighted by atomic mass is 10.1. The van der Waals surface area contributed by atoms with Gasteiger partial charge in [-0.2, -0.15) is 0 Å². The molecule has 0 amide bonds. The standard InChI is InChI=1S/C14H10F2O3/c15-11-6-3-7-12(16)13(11)19-8-9-4-1-2-5-10(9)14(17)18/h1-7H,8H2,(H,17,18). The fourth-order valence-corrected chi connectivity index (χ4v) is 1.63. The van der Waals surface area contributed by atoms with Gasteiger partial charge in [-0.25, -0.2) is 13.6 Å². The quantitative estimate of drug-likeness (QED) is 0.922. The molecule has 5 heteroatoms. The van der Waals surface area contributed by atoms with E-state index in [2.05, 4.69) is 0 Å². The lowest BCUT2D eigenvalue weighted by molar-refractivity contribution is 0.0694. The van der Waals surface area contributed by atoms with Crippen LogP contribution in [0.4, 0.5) is 8.78 Å². The highest BCUT2D eigenvalue weighted by Crippen LogP contribution is 2.22. The molecule has 0 fully saturated rings. The Morgan fingerprint density at radius 3 is 2.32 bits per heavy atom. The summed E-state index contributed by atoms with van der Waals surface area (Å²) in [6.07, 6.45) is 0. The van der Waals surface area contributed by atoms with Gasteiger partial charge in [0, 0.05) is 5.56 Å². The number of aromatic carboxylic acids is 1. The van der Waals surface area contributed by atoms with Gasteiger partial charge in [0.1, 0.15) is 6.61 Å². The Morgan fingerprint density at radius 2 is 1.68 bits per heavy atom. The number of halogens is 2. The minimum atomic E-state index is -1.12. The molecule has 0 saturated heterocycles. The summed E-state index contributed by atoms with van der Waals surface area (Å²) in [5.74, 6) is -3.28. The normalized spacial score (nSPS) is 10.2. The van der Waals surface area contributed by atoms with Crippen molar-refractivity contribution in [2.75, 3.05) is 0 Å². The fraction of sp³-hybridized carbons (Fsp3) is 0.0714. The molecule has 2 rings (SSSR count). The van der Waals surface area contributed by atoms with Crippen LogP contribution in [-0.4, -0.2) is 11.1 Å². The van der Waals surface area contributed by atoms with Crippen LogP contribution in [0.3, 0.4) is 0 Å². The third kappa shape index (κ3) is 2.88. The predicted molar refractivity (Wildman–Crippen MR) is 64.1 cm³/mol. The van der Waals surface area contributed by atoms with Crippen LogP contribution in [0, 0.1) is 11.6 Å². The van der Waals surface area contributed by atoms with Crippen molar-refractivity contribution in [1.29, 1.82) is 0 Å². The molecule has 0 aliphatic carbocycles. The third-order valence-corrected chi connectivity index (χ3v) is 2.54. The van der Waals surface area contributed by atoms with E-state index in [9.17, 15) is 13.6 Å². The molecule has 98 valence electrons. The number of para-hydroxylation sites is 1. The second-order valence-corrected chi connectivity index (χ2v) is 3.80. The van der Waals surface area contributed by atoms with Crippen LogP contribution in [0.25, 0.3) is 0 Å². The van der Waals surface area contributed by atoms with Crippen molar-refractivity contribution in [2.45, 2.75) is 6.61 Å². The van der Waals surface area contributed by atoms with Crippen molar-refractivity contribution < 1.29 is 23.4 Å². The third-order valence-electron chi connectivity index (χ3n) is 2.54. The van der Waals surface area contributed by atoms with Crippen LogP contribution in [-0.2, 0) is 6.61 Å². The van der Waals surface area contributed by atoms with Crippen molar-refractivity contribution in [2.24, 2.45) is 0 Å². The number of benzene rings is 2. The SMILES string of the molecule is O=C(O)c1ccccc1COc1c(F)cccc1F. The molecule has 0 heterocycles. The summed E-state index contributed by atoms with van der Waals surface area (Å²) in [5.41, 5.74) is 0.386. The van der Waals surface area contributed by atoms with E-state index in [1.54, 1.807) is 12.1 Å². The maximum atomic E-state index is 13.3. The molecule has 0 saturated carbocycles. The zero-order valence-corrected chi connectivity index (χ0v) is 9.77. The number of carboxylic acids is 1. The molecule has 0 bridgehead atoms. The minimum absolute atomic E-state index is 0.0410. The van der Waals surface area contributed by atoms with E-state index in [0.717, 1.165) is 12.1 Å². The molecule has 2 aromatic rings. The molecule has 0 atom stereocenters. The minimum Gasteiger partial charge on any atom is -0.483 e. The maximum absolute atomic E-state index is 13.3. The van der Waals surface area contributed by atoms with Crippen LogP contribution in [0.2, 0.25) is 0 Å². The predicted octanol–water partition coefficient (Wildman–Crippen LogP) is 3.24. The molecule has 0 aliphatic rings. The van der Waals surface area contributed by atoms with Gasteiger partial charge in [-0.15, -0.1) is 0 Å². The van der Waals surface area contributed by atoms with E-state index in [-0.39, 0.29) is 12.2 Å². The Balaban J connectivity index is 2.22. The molecule has 0 unspecified atom stereocenters. The number of hydrogen-bond donors (Lipinski definition) is 1. The Bertz CT molecular complexity index is 591. The van der Waals surface area contributed by atoms with Gasteiger partial charge in [0.05, 0.1) is 5.56 Å². The summed E-state index contributed by atoms with van der Waals surface area (Å²) >= 11 is 0. The molecule has 0 radical (unpaired) electrons. The van der Waals surface area contributed by atoms with Gasteiger partial charge in [0.25, 0.3) is 0 Å². The van der Waals surface area contributed by atoms with Gasteiger partial charge in [-0.1, -0.05) is 24.3 Å².